The highest BCUT2D eigenvalue weighted by Gasteiger charge is 2.40. The Bertz CT molecular complexity index is 813. The van der Waals surface area contributed by atoms with E-state index in [0.717, 1.165) is 12.8 Å². The number of hydrogen-bond donors (Lipinski definition) is 2. The molecule has 1 aliphatic rings. The number of carbonyl (C=O) groups is 2. The lowest BCUT2D eigenvalue weighted by Crippen LogP contribution is -2.41. The molecule has 0 aliphatic heterocycles. The second kappa shape index (κ2) is 8.95. The smallest absolute Gasteiger partial charge is 0.251 e. The fourth-order valence-corrected chi connectivity index (χ4v) is 3.91. The summed E-state index contributed by atoms with van der Waals surface area (Å²) in [6.45, 7) is 0.386. The van der Waals surface area contributed by atoms with E-state index in [1.165, 1.54) is 18.2 Å². The lowest BCUT2D eigenvalue weighted by molar-refractivity contribution is -0.121. The van der Waals surface area contributed by atoms with Crippen molar-refractivity contribution >= 4 is 11.8 Å². The molecule has 0 saturated heterocycles. The van der Waals surface area contributed by atoms with Crippen LogP contribution in [0.15, 0.2) is 48.5 Å². The molecule has 0 spiro atoms. The molecule has 0 aromatic heterocycles. The van der Waals surface area contributed by atoms with Crippen LogP contribution in [0.3, 0.4) is 0 Å². The Kier molecular flexibility index (Phi) is 6.39. The number of benzene rings is 2. The standard InChI is InChI=1S/C22H24F2N2O2/c23-17-9-6-10-18(24)20(17)22(12-4-5-13-22)15-26-19(27)11-14-25-21(28)16-7-2-1-3-8-16/h1-3,6-10H,4-5,11-15H2,(H,25,28)(H,26,27). The molecule has 2 N–H and O–H groups in total. The van der Waals surface area contributed by atoms with Crippen molar-refractivity contribution in [2.24, 2.45) is 0 Å². The van der Waals surface area contributed by atoms with E-state index in [0.29, 0.717) is 18.4 Å². The van der Waals surface area contributed by atoms with Gasteiger partial charge in [-0.2, -0.15) is 0 Å². The van der Waals surface area contributed by atoms with Gasteiger partial charge in [0, 0.05) is 36.1 Å². The van der Waals surface area contributed by atoms with Gasteiger partial charge in [-0.25, -0.2) is 8.78 Å². The van der Waals surface area contributed by atoms with Crippen LogP contribution in [0.1, 0.15) is 48.0 Å². The van der Waals surface area contributed by atoms with Gasteiger partial charge < -0.3 is 10.6 Å². The van der Waals surface area contributed by atoms with Crippen LogP contribution in [-0.2, 0) is 10.2 Å². The Labute approximate surface area is 163 Å². The molecule has 6 heteroatoms. The molecule has 4 nitrogen and oxygen atoms in total. The molecule has 2 aromatic rings. The minimum atomic E-state index is -0.710. The molecule has 2 amide bonds. The fraction of sp³-hybridized carbons (Fsp3) is 0.364. The van der Waals surface area contributed by atoms with Crippen LogP contribution in [-0.4, -0.2) is 24.9 Å². The topological polar surface area (TPSA) is 58.2 Å². The number of rotatable bonds is 7. The maximum atomic E-state index is 14.3. The van der Waals surface area contributed by atoms with Gasteiger partial charge in [0.05, 0.1) is 0 Å². The van der Waals surface area contributed by atoms with Gasteiger partial charge in [-0.1, -0.05) is 37.1 Å². The highest BCUT2D eigenvalue weighted by atomic mass is 19.1. The Morgan fingerprint density at radius 3 is 2.18 bits per heavy atom. The van der Waals surface area contributed by atoms with Crippen LogP contribution in [0.4, 0.5) is 8.78 Å². The first-order chi connectivity index (χ1) is 13.5. The van der Waals surface area contributed by atoms with Gasteiger partial charge in [-0.15, -0.1) is 0 Å². The Hall–Kier alpha value is -2.76. The Morgan fingerprint density at radius 2 is 1.54 bits per heavy atom. The summed E-state index contributed by atoms with van der Waals surface area (Å²) >= 11 is 0. The quantitative estimate of drug-likeness (QED) is 0.762. The van der Waals surface area contributed by atoms with Crippen molar-refractivity contribution in [3.63, 3.8) is 0 Å². The molecule has 0 heterocycles. The van der Waals surface area contributed by atoms with Crippen molar-refractivity contribution in [2.75, 3.05) is 13.1 Å². The molecule has 0 atom stereocenters. The van der Waals surface area contributed by atoms with E-state index < -0.39 is 17.0 Å². The summed E-state index contributed by atoms with van der Waals surface area (Å²) in [5.41, 5.74) is -0.105. The van der Waals surface area contributed by atoms with Crippen LogP contribution in [0.5, 0.6) is 0 Å². The molecule has 28 heavy (non-hydrogen) atoms. The third-order valence-corrected chi connectivity index (χ3v) is 5.35. The van der Waals surface area contributed by atoms with Crippen molar-refractivity contribution in [1.82, 2.24) is 10.6 Å². The number of nitrogens with one attached hydrogen (secondary N) is 2. The molecular formula is C22H24F2N2O2. The third-order valence-electron chi connectivity index (χ3n) is 5.35. The molecular weight excluding hydrogens is 362 g/mol. The molecule has 0 bridgehead atoms. The summed E-state index contributed by atoms with van der Waals surface area (Å²) in [4.78, 5) is 24.2. The van der Waals surface area contributed by atoms with Gasteiger partial charge in [0.1, 0.15) is 11.6 Å². The van der Waals surface area contributed by atoms with Crippen LogP contribution in [0.25, 0.3) is 0 Å². The zero-order valence-electron chi connectivity index (χ0n) is 15.6. The van der Waals surface area contributed by atoms with Crippen LogP contribution in [0.2, 0.25) is 0 Å². The van der Waals surface area contributed by atoms with Gasteiger partial charge in [0.25, 0.3) is 5.91 Å². The lowest BCUT2D eigenvalue weighted by Gasteiger charge is -2.30. The summed E-state index contributed by atoms with van der Waals surface area (Å²) in [6, 6.07) is 12.6. The van der Waals surface area contributed by atoms with Crippen molar-refractivity contribution in [1.29, 1.82) is 0 Å². The summed E-state index contributed by atoms with van der Waals surface area (Å²) in [7, 11) is 0. The predicted molar refractivity (Wildman–Crippen MR) is 103 cm³/mol. The second-order valence-corrected chi connectivity index (χ2v) is 7.23. The zero-order valence-corrected chi connectivity index (χ0v) is 15.6. The highest BCUT2D eigenvalue weighted by molar-refractivity contribution is 5.94. The number of halogens is 2. The minimum Gasteiger partial charge on any atom is -0.355 e. The van der Waals surface area contributed by atoms with Crippen LogP contribution < -0.4 is 10.6 Å². The largest absolute Gasteiger partial charge is 0.355 e. The van der Waals surface area contributed by atoms with E-state index in [1.54, 1.807) is 24.3 Å². The first-order valence-electron chi connectivity index (χ1n) is 9.56. The zero-order chi connectivity index (χ0) is 20.0. The van der Waals surface area contributed by atoms with Gasteiger partial charge in [-0.05, 0) is 37.1 Å². The van der Waals surface area contributed by atoms with E-state index in [9.17, 15) is 18.4 Å². The molecule has 1 aliphatic carbocycles. The van der Waals surface area contributed by atoms with E-state index in [-0.39, 0.29) is 36.9 Å². The molecule has 1 fully saturated rings. The lowest BCUT2D eigenvalue weighted by atomic mass is 9.78. The van der Waals surface area contributed by atoms with Crippen molar-refractivity contribution in [3.8, 4) is 0 Å². The number of hydrogen-bond acceptors (Lipinski definition) is 2. The van der Waals surface area contributed by atoms with E-state index in [4.69, 9.17) is 0 Å². The maximum Gasteiger partial charge on any atom is 0.251 e. The van der Waals surface area contributed by atoms with Crippen LogP contribution >= 0.6 is 0 Å². The summed E-state index contributed by atoms with van der Waals surface area (Å²) in [5, 5.41) is 5.51. The Balaban J connectivity index is 1.54. The van der Waals surface area contributed by atoms with Gasteiger partial charge in [0.15, 0.2) is 0 Å². The second-order valence-electron chi connectivity index (χ2n) is 7.23. The highest BCUT2D eigenvalue weighted by Crippen LogP contribution is 2.42. The number of amides is 2. The van der Waals surface area contributed by atoms with Crippen molar-refractivity contribution in [3.05, 3.63) is 71.3 Å². The Morgan fingerprint density at radius 1 is 0.893 bits per heavy atom. The first-order valence-corrected chi connectivity index (χ1v) is 9.56. The van der Waals surface area contributed by atoms with Gasteiger partial charge >= 0.3 is 0 Å². The fourth-order valence-electron chi connectivity index (χ4n) is 3.91. The molecule has 0 unspecified atom stereocenters. The van der Waals surface area contributed by atoms with E-state index in [1.807, 2.05) is 6.07 Å². The van der Waals surface area contributed by atoms with E-state index >= 15 is 0 Å². The predicted octanol–water partition coefficient (Wildman–Crippen LogP) is 3.71. The summed E-state index contributed by atoms with van der Waals surface area (Å²) < 4.78 is 28.6. The normalized spacial score (nSPS) is 15.2. The first kappa shape index (κ1) is 20.0. The average Bonchev–Trinajstić information content (AvgIpc) is 3.16. The molecule has 1 saturated carbocycles. The van der Waals surface area contributed by atoms with Gasteiger partial charge in [-0.3, -0.25) is 9.59 Å². The summed E-state index contributed by atoms with van der Waals surface area (Å²) in [6.07, 6.45) is 3.12. The number of carbonyl (C=O) groups excluding carboxylic acids is 2. The molecule has 3 rings (SSSR count). The monoisotopic (exact) mass is 386 g/mol. The molecule has 0 radical (unpaired) electrons. The third kappa shape index (κ3) is 4.55. The van der Waals surface area contributed by atoms with Crippen LogP contribution in [0, 0.1) is 11.6 Å². The SMILES string of the molecule is O=C(CCNC(=O)c1ccccc1)NCC1(c2c(F)cccc2F)CCCC1. The molecule has 148 valence electrons. The molecule has 2 aromatic carbocycles. The minimum absolute atomic E-state index is 0.0742. The van der Waals surface area contributed by atoms with Gasteiger partial charge in [0.2, 0.25) is 5.91 Å². The summed E-state index contributed by atoms with van der Waals surface area (Å²) in [5.74, 6) is -1.62. The van der Waals surface area contributed by atoms with Crippen molar-refractivity contribution < 1.29 is 18.4 Å². The van der Waals surface area contributed by atoms with E-state index in [2.05, 4.69) is 10.6 Å². The van der Waals surface area contributed by atoms with Crippen molar-refractivity contribution in [2.45, 2.75) is 37.5 Å². The maximum absolute atomic E-state index is 14.3. The average molecular weight is 386 g/mol.